The van der Waals surface area contributed by atoms with Gasteiger partial charge in [0.15, 0.2) is 0 Å². The Morgan fingerprint density at radius 3 is 1.65 bits per heavy atom. The van der Waals surface area contributed by atoms with Gasteiger partial charge < -0.3 is 13.6 Å². The lowest BCUT2D eigenvalue weighted by atomic mass is 9.96. The summed E-state index contributed by atoms with van der Waals surface area (Å²) in [5, 5.41) is 9.71. The first-order valence-electron chi connectivity index (χ1n) is 18.8. The van der Waals surface area contributed by atoms with Crippen LogP contribution in [0.25, 0.3) is 110 Å². The molecule has 3 heterocycles. The molecule has 0 spiro atoms. The number of fused-ring (bicyclic) bond motifs is 10. The third-order valence-corrected chi connectivity index (χ3v) is 11.5. The Morgan fingerprint density at radius 1 is 0.327 bits per heavy atom. The van der Waals surface area contributed by atoms with Crippen LogP contribution in [0.4, 0.5) is 0 Å². The highest BCUT2D eigenvalue weighted by atomic mass is 16.3. The second kappa shape index (κ2) is 11.6. The smallest absolute Gasteiger partial charge is 0.136 e. The van der Waals surface area contributed by atoms with Crippen molar-refractivity contribution in [1.82, 2.24) is 9.13 Å². The lowest BCUT2D eigenvalue weighted by molar-refractivity contribution is 0.669. The molecular formula is C52H32N2O. The van der Waals surface area contributed by atoms with E-state index in [1.165, 1.54) is 82.3 Å². The van der Waals surface area contributed by atoms with Crippen LogP contribution < -0.4 is 0 Å². The molecule has 12 aromatic rings. The molecule has 3 nitrogen and oxygen atoms in total. The lowest BCUT2D eigenvalue weighted by Gasteiger charge is -2.14. The first-order valence-corrected chi connectivity index (χ1v) is 18.8. The molecular weight excluding hydrogens is 669 g/mol. The Bertz CT molecular complexity index is 3490. The van der Waals surface area contributed by atoms with Gasteiger partial charge in [0.2, 0.25) is 0 Å². The maximum Gasteiger partial charge on any atom is 0.136 e. The molecule has 0 fully saturated rings. The number of hydrogen-bond acceptors (Lipinski definition) is 1. The van der Waals surface area contributed by atoms with Gasteiger partial charge in [0.25, 0.3) is 0 Å². The minimum Gasteiger partial charge on any atom is -0.456 e. The molecule has 0 aliphatic heterocycles. The van der Waals surface area contributed by atoms with Crippen molar-refractivity contribution in [1.29, 1.82) is 0 Å². The van der Waals surface area contributed by atoms with E-state index >= 15 is 0 Å². The molecule has 3 heteroatoms. The average Bonchev–Trinajstić information content (AvgIpc) is 3.91. The second-order valence-electron chi connectivity index (χ2n) is 14.5. The summed E-state index contributed by atoms with van der Waals surface area (Å²) in [5.74, 6) is 0. The van der Waals surface area contributed by atoms with E-state index in [2.05, 4.69) is 191 Å². The van der Waals surface area contributed by atoms with Crippen LogP contribution in [0, 0.1) is 0 Å². The van der Waals surface area contributed by atoms with E-state index in [0.29, 0.717) is 0 Å². The normalized spacial score (nSPS) is 12.0. The summed E-state index contributed by atoms with van der Waals surface area (Å²) in [6.45, 7) is 0. The molecule has 0 aliphatic carbocycles. The number of rotatable bonds is 4. The van der Waals surface area contributed by atoms with Crippen LogP contribution in [0.15, 0.2) is 199 Å². The van der Waals surface area contributed by atoms with Crippen molar-refractivity contribution in [3.63, 3.8) is 0 Å². The average molecular weight is 701 g/mol. The van der Waals surface area contributed by atoms with Crippen LogP contribution in [0.3, 0.4) is 0 Å². The molecule has 3 aromatic heterocycles. The van der Waals surface area contributed by atoms with Crippen LogP contribution in [0.2, 0.25) is 0 Å². The van der Waals surface area contributed by atoms with Crippen LogP contribution in [-0.2, 0) is 0 Å². The predicted octanol–water partition coefficient (Wildman–Crippen LogP) is 14.3. The monoisotopic (exact) mass is 700 g/mol. The van der Waals surface area contributed by atoms with Gasteiger partial charge in [0.05, 0.1) is 27.8 Å². The fourth-order valence-electron chi connectivity index (χ4n) is 9.06. The molecule has 55 heavy (non-hydrogen) atoms. The van der Waals surface area contributed by atoms with Crippen LogP contribution in [0.1, 0.15) is 0 Å². The Balaban J connectivity index is 1.05. The Kier molecular flexibility index (Phi) is 6.34. The molecule has 0 unspecified atom stereocenters. The summed E-state index contributed by atoms with van der Waals surface area (Å²) >= 11 is 0. The van der Waals surface area contributed by atoms with E-state index in [4.69, 9.17) is 4.42 Å². The largest absolute Gasteiger partial charge is 0.456 e. The molecule has 0 saturated carbocycles. The minimum atomic E-state index is 0.911. The molecule has 12 rings (SSSR count). The van der Waals surface area contributed by atoms with Gasteiger partial charge in [-0.3, -0.25) is 0 Å². The zero-order valence-electron chi connectivity index (χ0n) is 29.8. The Hall–Kier alpha value is -7.36. The molecule has 0 atom stereocenters. The molecule has 9 aromatic carbocycles. The number of para-hydroxylation sites is 4. The quantitative estimate of drug-likeness (QED) is 0.179. The summed E-state index contributed by atoms with van der Waals surface area (Å²) in [6.07, 6.45) is 0. The van der Waals surface area contributed by atoms with E-state index in [-0.39, 0.29) is 0 Å². The maximum absolute atomic E-state index is 6.25. The standard InChI is InChI=1S/C52H32N2O/c1-2-13-37(14-3-1)53-46-19-7-4-15-40(46)42-28-24-33(31-48(42)53)34-25-29-43-41-16-5-8-20-47(41)54(49(43)32-34)45-21-10-12-35-30-36(26-27-38(35)45)39-18-11-23-51-52(39)44-17-6-9-22-50(44)55-51/h1-32H. The number of furan rings is 1. The SMILES string of the molecule is c1ccc(-n2c3ccccc3c3ccc(-c4ccc5c6ccccc6n(-c6cccc7cc(-c8cccc9oc%10ccccc%10c89)ccc67)c5c4)cc32)cc1. The van der Waals surface area contributed by atoms with Crippen molar-refractivity contribution in [2.75, 3.05) is 0 Å². The van der Waals surface area contributed by atoms with Crippen molar-refractivity contribution < 1.29 is 4.42 Å². The van der Waals surface area contributed by atoms with Crippen molar-refractivity contribution in [2.45, 2.75) is 0 Å². The zero-order valence-corrected chi connectivity index (χ0v) is 29.8. The van der Waals surface area contributed by atoms with Crippen LogP contribution in [-0.4, -0.2) is 9.13 Å². The Morgan fingerprint density at radius 2 is 0.891 bits per heavy atom. The van der Waals surface area contributed by atoms with Crippen molar-refractivity contribution in [3.05, 3.63) is 194 Å². The lowest BCUT2D eigenvalue weighted by Crippen LogP contribution is -1.96. The van der Waals surface area contributed by atoms with Gasteiger partial charge in [-0.05, 0) is 88.3 Å². The summed E-state index contributed by atoms with van der Waals surface area (Å²) < 4.78 is 11.1. The molecule has 0 saturated heterocycles. The van der Waals surface area contributed by atoms with E-state index in [9.17, 15) is 0 Å². The first kappa shape index (κ1) is 30.1. The van der Waals surface area contributed by atoms with Gasteiger partial charge in [-0.1, -0.05) is 133 Å². The van der Waals surface area contributed by atoms with E-state index in [0.717, 1.165) is 27.6 Å². The zero-order chi connectivity index (χ0) is 36.0. The number of nitrogens with zero attached hydrogens (tertiary/aromatic N) is 2. The third kappa shape index (κ3) is 4.44. The topological polar surface area (TPSA) is 23.0 Å². The van der Waals surface area contributed by atoms with Crippen molar-refractivity contribution >= 4 is 76.3 Å². The summed E-state index contributed by atoms with van der Waals surface area (Å²) in [7, 11) is 0. The molecule has 256 valence electrons. The highest BCUT2D eigenvalue weighted by Gasteiger charge is 2.18. The predicted molar refractivity (Wildman–Crippen MR) is 231 cm³/mol. The molecule has 0 radical (unpaired) electrons. The van der Waals surface area contributed by atoms with Gasteiger partial charge in [0.1, 0.15) is 11.2 Å². The summed E-state index contributed by atoms with van der Waals surface area (Å²) in [5.41, 5.74) is 13.7. The minimum absolute atomic E-state index is 0.911. The van der Waals surface area contributed by atoms with E-state index < -0.39 is 0 Å². The van der Waals surface area contributed by atoms with Crippen molar-refractivity contribution in [3.8, 4) is 33.6 Å². The fourth-order valence-corrected chi connectivity index (χ4v) is 9.06. The third-order valence-electron chi connectivity index (χ3n) is 11.5. The van der Waals surface area contributed by atoms with Crippen LogP contribution >= 0.6 is 0 Å². The van der Waals surface area contributed by atoms with E-state index in [1.54, 1.807) is 0 Å². The Labute approximate surface area is 316 Å². The first-order chi connectivity index (χ1) is 27.3. The number of hydrogen-bond donors (Lipinski definition) is 0. The molecule has 0 bridgehead atoms. The summed E-state index contributed by atoms with van der Waals surface area (Å²) in [6, 6.07) is 70.3. The van der Waals surface area contributed by atoms with E-state index in [1.807, 2.05) is 12.1 Å². The molecule has 0 amide bonds. The number of benzene rings is 9. The summed E-state index contributed by atoms with van der Waals surface area (Å²) in [4.78, 5) is 0. The highest BCUT2D eigenvalue weighted by Crippen LogP contribution is 2.41. The van der Waals surface area contributed by atoms with Gasteiger partial charge in [-0.25, -0.2) is 0 Å². The fraction of sp³-hybridized carbons (Fsp3) is 0. The number of aromatic nitrogens is 2. The van der Waals surface area contributed by atoms with Gasteiger partial charge in [-0.2, -0.15) is 0 Å². The van der Waals surface area contributed by atoms with Gasteiger partial charge >= 0.3 is 0 Å². The molecule has 0 aliphatic rings. The van der Waals surface area contributed by atoms with Crippen molar-refractivity contribution in [2.24, 2.45) is 0 Å². The maximum atomic E-state index is 6.25. The molecule has 0 N–H and O–H groups in total. The second-order valence-corrected chi connectivity index (χ2v) is 14.5. The highest BCUT2D eigenvalue weighted by molar-refractivity contribution is 6.15. The van der Waals surface area contributed by atoms with Gasteiger partial charge in [-0.15, -0.1) is 0 Å². The van der Waals surface area contributed by atoms with Crippen LogP contribution in [0.5, 0.6) is 0 Å². The van der Waals surface area contributed by atoms with Gasteiger partial charge in [0, 0.05) is 43.4 Å².